The number of carbonyl (C=O) groups is 1. The van der Waals surface area contributed by atoms with E-state index in [1.807, 2.05) is 13.8 Å². The van der Waals surface area contributed by atoms with Gasteiger partial charge in [0.15, 0.2) is 10.1 Å². The second kappa shape index (κ2) is 7.18. The predicted octanol–water partition coefficient (Wildman–Crippen LogP) is 1.30. The van der Waals surface area contributed by atoms with Crippen molar-refractivity contribution in [3.63, 3.8) is 0 Å². The first-order valence-corrected chi connectivity index (χ1v) is 9.54. The molecule has 2 rings (SSSR count). The Morgan fingerprint density at radius 2 is 1.92 bits per heavy atom. The number of rotatable bonds is 6. The minimum Gasteiger partial charge on any atom is -0.369 e. The smallest absolute Gasteiger partial charge is 0.270 e. The predicted molar refractivity (Wildman–Crippen MR) is 90.8 cm³/mol. The molecule has 1 heterocycles. The van der Waals surface area contributed by atoms with Crippen LogP contribution in [0.4, 0.5) is 0 Å². The van der Waals surface area contributed by atoms with Crippen molar-refractivity contribution in [2.45, 2.75) is 34.7 Å². The van der Waals surface area contributed by atoms with Crippen molar-refractivity contribution >= 4 is 27.5 Å². The van der Waals surface area contributed by atoms with Crippen molar-refractivity contribution in [3.05, 3.63) is 46.4 Å². The summed E-state index contributed by atoms with van der Waals surface area (Å²) in [5.74, 6) is -0.357. The van der Waals surface area contributed by atoms with Crippen LogP contribution in [0.2, 0.25) is 0 Å². The highest BCUT2D eigenvalue weighted by molar-refractivity contribution is 7.99. The van der Waals surface area contributed by atoms with Crippen LogP contribution >= 0.6 is 11.8 Å². The van der Waals surface area contributed by atoms with Crippen LogP contribution < -0.4 is 11.3 Å². The number of aromatic nitrogens is 2. The van der Waals surface area contributed by atoms with E-state index in [1.54, 1.807) is 12.1 Å². The highest BCUT2D eigenvalue weighted by atomic mass is 32.2. The van der Waals surface area contributed by atoms with Gasteiger partial charge in [0.2, 0.25) is 15.7 Å². The van der Waals surface area contributed by atoms with Gasteiger partial charge in [0, 0.05) is 0 Å². The van der Waals surface area contributed by atoms with Crippen molar-refractivity contribution in [3.8, 4) is 0 Å². The van der Waals surface area contributed by atoms with E-state index in [2.05, 4.69) is 9.97 Å². The van der Waals surface area contributed by atoms with Gasteiger partial charge in [-0.3, -0.25) is 9.59 Å². The molecule has 128 valence electrons. The fourth-order valence-corrected chi connectivity index (χ4v) is 3.74. The fraction of sp³-hybridized carbons (Fsp3) is 0.267. The Kier molecular flexibility index (Phi) is 5.45. The number of thioether (sulfide) groups is 1. The van der Waals surface area contributed by atoms with E-state index in [4.69, 9.17) is 5.73 Å². The lowest BCUT2D eigenvalue weighted by Crippen LogP contribution is -2.20. The van der Waals surface area contributed by atoms with E-state index < -0.39 is 26.2 Å². The zero-order chi connectivity index (χ0) is 17.9. The second-order valence-electron chi connectivity index (χ2n) is 5.36. The zero-order valence-electron chi connectivity index (χ0n) is 13.1. The molecule has 0 fully saturated rings. The summed E-state index contributed by atoms with van der Waals surface area (Å²) in [5, 5.41) is 0.132. The van der Waals surface area contributed by atoms with Crippen LogP contribution in [0.15, 0.2) is 50.2 Å². The minimum absolute atomic E-state index is 0.0248. The number of sulfone groups is 1. The highest BCUT2D eigenvalue weighted by Crippen LogP contribution is 2.21. The summed E-state index contributed by atoms with van der Waals surface area (Å²) in [4.78, 5) is 28.6. The third-order valence-corrected chi connectivity index (χ3v) is 5.91. The molecule has 3 N–H and O–H groups in total. The van der Waals surface area contributed by atoms with Crippen LogP contribution in [0.5, 0.6) is 0 Å². The average Bonchev–Trinajstić information content (AvgIpc) is 2.52. The summed E-state index contributed by atoms with van der Waals surface area (Å²) in [6, 6.07) is 6.38. The fourth-order valence-electron chi connectivity index (χ4n) is 1.93. The van der Waals surface area contributed by atoms with E-state index >= 15 is 0 Å². The quantitative estimate of drug-likeness (QED) is 0.586. The Hall–Kier alpha value is -2.13. The number of H-pyrrole nitrogens is 1. The molecule has 1 aromatic heterocycles. The topological polar surface area (TPSA) is 123 Å². The maximum Gasteiger partial charge on any atom is 0.270 e. The number of benzene rings is 1. The SMILES string of the molecule is CC(C)c1ccc(S(=O)(=O)c2cnc(SCC(N)=O)[nH]c2=O)cc1. The van der Waals surface area contributed by atoms with Crippen LogP contribution in [0, 0.1) is 0 Å². The third-order valence-electron chi connectivity index (χ3n) is 3.24. The molecule has 0 aliphatic heterocycles. The molecule has 7 nitrogen and oxygen atoms in total. The Bertz CT molecular complexity index is 903. The molecule has 0 bridgehead atoms. The number of amides is 1. The summed E-state index contributed by atoms with van der Waals surface area (Å²) in [7, 11) is -3.97. The number of carbonyl (C=O) groups excluding carboxylic acids is 1. The number of nitrogens with one attached hydrogen (secondary N) is 1. The molecule has 0 aliphatic carbocycles. The van der Waals surface area contributed by atoms with Crippen molar-refractivity contribution < 1.29 is 13.2 Å². The number of hydrogen-bond donors (Lipinski definition) is 2. The third kappa shape index (κ3) is 4.04. The highest BCUT2D eigenvalue weighted by Gasteiger charge is 2.22. The van der Waals surface area contributed by atoms with Gasteiger partial charge in [-0.2, -0.15) is 0 Å². The number of hydrogen-bond acceptors (Lipinski definition) is 6. The minimum atomic E-state index is -3.97. The van der Waals surface area contributed by atoms with Gasteiger partial charge in [-0.05, 0) is 23.6 Å². The Morgan fingerprint density at radius 1 is 1.29 bits per heavy atom. The lowest BCUT2D eigenvalue weighted by molar-refractivity contribution is -0.115. The molecule has 0 aliphatic rings. The molecular formula is C15H17N3O4S2. The standard InChI is InChI=1S/C15H17N3O4S2/c1-9(2)10-3-5-11(6-4-10)24(21,22)12-7-17-15(18-14(12)20)23-8-13(16)19/h3-7,9H,8H2,1-2H3,(H2,16,19)(H,17,18,20). The first kappa shape index (κ1) is 18.2. The van der Waals surface area contributed by atoms with Gasteiger partial charge in [-0.1, -0.05) is 37.7 Å². The maximum absolute atomic E-state index is 12.6. The van der Waals surface area contributed by atoms with Gasteiger partial charge in [0.05, 0.1) is 16.8 Å². The van der Waals surface area contributed by atoms with Gasteiger partial charge < -0.3 is 10.7 Å². The van der Waals surface area contributed by atoms with Crippen LogP contribution in [-0.4, -0.2) is 30.0 Å². The molecule has 1 aromatic carbocycles. The molecule has 0 saturated heterocycles. The summed E-state index contributed by atoms with van der Waals surface area (Å²) >= 11 is 0.927. The molecular weight excluding hydrogens is 350 g/mol. The van der Waals surface area contributed by atoms with Crippen molar-refractivity contribution in [2.75, 3.05) is 5.75 Å². The number of primary amides is 1. The van der Waals surface area contributed by atoms with E-state index in [9.17, 15) is 18.0 Å². The summed E-state index contributed by atoms with van der Waals surface area (Å²) < 4.78 is 25.1. The van der Waals surface area contributed by atoms with E-state index in [-0.39, 0.29) is 21.7 Å². The molecule has 0 atom stereocenters. The van der Waals surface area contributed by atoms with Crippen molar-refractivity contribution in [1.82, 2.24) is 9.97 Å². The van der Waals surface area contributed by atoms with Crippen molar-refractivity contribution in [1.29, 1.82) is 0 Å². The van der Waals surface area contributed by atoms with E-state index in [0.717, 1.165) is 23.5 Å². The van der Waals surface area contributed by atoms with Gasteiger partial charge in [-0.15, -0.1) is 0 Å². The average molecular weight is 367 g/mol. The summed E-state index contributed by atoms with van der Waals surface area (Å²) in [5.41, 5.74) is 5.22. The van der Waals surface area contributed by atoms with Crippen LogP contribution in [-0.2, 0) is 14.6 Å². The van der Waals surface area contributed by atoms with Crippen LogP contribution in [0.3, 0.4) is 0 Å². The Labute approximate surface area is 143 Å². The van der Waals surface area contributed by atoms with Gasteiger partial charge in [0.1, 0.15) is 0 Å². The monoisotopic (exact) mass is 367 g/mol. The normalized spacial score (nSPS) is 11.6. The van der Waals surface area contributed by atoms with Crippen LogP contribution in [0.1, 0.15) is 25.3 Å². The Morgan fingerprint density at radius 3 is 2.42 bits per heavy atom. The number of nitrogens with two attached hydrogens (primary N) is 1. The van der Waals surface area contributed by atoms with E-state index in [1.165, 1.54) is 12.1 Å². The molecule has 0 radical (unpaired) electrons. The number of aromatic amines is 1. The molecule has 1 amide bonds. The molecule has 9 heteroatoms. The van der Waals surface area contributed by atoms with Crippen LogP contribution in [0.25, 0.3) is 0 Å². The van der Waals surface area contributed by atoms with E-state index in [0.29, 0.717) is 0 Å². The Balaban J connectivity index is 2.35. The molecule has 0 spiro atoms. The molecule has 0 saturated carbocycles. The molecule has 2 aromatic rings. The summed E-state index contributed by atoms with van der Waals surface area (Å²) in [6.45, 7) is 4.00. The first-order valence-electron chi connectivity index (χ1n) is 7.07. The van der Waals surface area contributed by atoms with Gasteiger partial charge in [-0.25, -0.2) is 13.4 Å². The lowest BCUT2D eigenvalue weighted by Gasteiger charge is -2.08. The molecule has 0 unspecified atom stereocenters. The van der Waals surface area contributed by atoms with Crippen molar-refractivity contribution in [2.24, 2.45) is 5.73 Å². The van der Waals surface area contributed by atoms with Gasteiger partial charge >= 0.3 is 0 Å². The lowest BCUT2D eigenvalue weighted by atomic mass is 10.0. The second-order valence-corrected chi connectivity index (χ2v) is 8.25. The first-order chi connectivity index (χ1) is 11.2. The van der Waals surface area contributed by atoms with Gasteiger partial charge in [0.25, 0.3) is 5.56 Å². The zero-order valence-corrected chi connectivity index (χ0v) is 14.8. The largest absolute Gasteiger partial charge is 0.369 e. The molecule has 24 heavy (non-hydrogen) atoms. The number of nitrogens with zero attached hydrogens (tertiary/aromatic N) is 1. The maximum atomic E-state index is 12.6. The summed E-state index contributed by atoms with van der Waals surface area (Å²) in [6.07, 6.45) is 0.994.